The van der Waals surface area contributed by atoms with Crippen LogP contribution >= 0.6 is 0 Å². The number of benzene rings is 3. The molecule has 2 N–H and O–H groups in total. The molecule has 172 valence electrons. The molecule has 0 spiro atoms. The summed E-state index contributed by atoms with van der Waals surface area (Å²) in [5.74, 6) is 1.37. The molecule has 0 aromatic heterocycles. The van der Waals surface area contributed by atoms with Gasteiger partial charge in [-0.2, -0.15) is 0 Å². The lowest BCUT2D eigenvalue weighted by Crippen LogP contribution is -2.16. The number of hydrogen-bond acceptors (Lipinski definition) is 7. The lowest BCUT2D eigenvalue weighted by atomic mass is 10.2. The molecule has 1 amide bonds. The average Bonchev–Trinajstić information content (AvgIpc) is 3.28. The topological polar surface area (TPSA) is 112 Å². The monoisotopic (exact) mass is 470 g/mol. The van der Waals surface area contributed by atoms with E-state index in [-0.39, 0.29) is 23.1 Å². The first-order chi connectivity index (χ1) is 15.9. The van der Waals surface area contributed by atoms with Crippen LogP contribution in [0.1, 0.15) is 17.3 Å². The normalized spacial score (nSPS) is 12.2. The Kier molecular flexibility index (Phi) is 6.27. The molecule has 0 bridgehead atoms. The van der Waals surface area contributed by atoms with E-state index in [1.54, 1.807) is 48.5 Å². The van der Waals surface area contributed by atoms with Crippen molar-refractivity contribution < 1.29 is 32.2 Å². The lowest BCUT2D eigenvalue weighted by Gasteiger charge is -2.14. The maximum atomic E-state index is 13.1. The van der Waals surface area contributed by atoms with Crippen LogP contribution in [0.15, 0.2) is 65.6 Å². The van der Waals surface area contributed by atoms with Gasteiger partial charge in [0.15, 0.2) is 11.5 Å². The van der Waals surface area contributed by atoms with E-state index in [2.05, 4.69) is 10.0 Å². The van der Waals surface area contributed by atoms with Crippen molar-refractivity contribution in [1.82, 2.24) is 0 Å². The van der Waals surface area contributed by atoms with Gasteiger partial charge in [0.2, 0.25) is 6.79 Å². The van der Waals surface area contributed by atoms with E-state index >= 15 is 0 Å². The van der Waals surface area contributed by atoms with E-state index in [0.717, 1.165) is 0 Å². The summed E-state index contributed by atoms with van der Waals surface area (Å²) >= 11 is 0. The molecule has 0 saturated heterocycles. The third-order valence-corrected chi connectivity index (χ3v) is 6.17. The van der Waals surface area contributed by atoms with Gasteiger partial charge in [-0.3, -0.25) is 9.52 Å². The van der Waals surface area contributed by atoms with Crippen LogP contribution in [0.4, 0.5) is 11.4 Å². The third-order valence-electron chi connectivity index (χ3n) is 4.76. The summed E-state index contributed by atoms with van der Waals surface area (Å²) in [6.45, 7) is 2.47. The predicted molar refractivity (Wildman–Crippen MR) is 122 cm³/mol. The quantitative estimate of drug-likeness (QED) is 0.514. The number of carbonyl (C=O) groups is 1. The minimum Gasteiger partial charge on any atom is -0.495 e. The largest absolute Gasteiger partial charge is 0.495 e. The van der Waals surface area contributed by atoms with Crippen molar-refractivity contribution in [2.45, 2.75) is 11.8 Å². The van der Waals surface area contributed by atoms with E-state index in [9.17, 15) is 13.2 Å². The van der Waals surface area contributed by atoms with Gasteiger partial charge in [-0.25, -0.2) is 8.42 Å². The van der Waals surface area contributed by atoms with Crippen LogP contribution in [0.5, 0.6) is 23.0 Å². The molecule has 1 heterocycles. The number of amides is 1. The molecule has 3 aromatic rings. The number of methoxy groups -OCH3 is 1. The number of anilines is 2. The van der Waals surface area contributed by atoms with Crippen molar-refractivity contribution in [3.8, 4) is 23.0 Å². The Hall–Kier alpha value is -3.92. The highest BCUT2D eigenvalue weighted by Crippen LogP contribution is 2.33. The second kappa shape index (κ2) is 9.29. The zero-order valence-electron chi connectivity index (χ0n) is 18.0. The van der Waals surface area contributed by atoms with E-state index in [1.807, 2.05) is 6.92 Å². The number of hydrogen-bond donors (Lipinski definition) is 2. The smallest absolute Gasteiger partial charge is 0.265 e. The van der Waals surface area contributed by atoms with Crippen LogP contribution in [-0.4, -0.2) is 34.8 Å². The van der Waals surface area contributed by atoms with E-state index in [4.69, 9.17) is 18.9 Å². The molecule has 0 saturated carbocycles. The summed E-state index contributed by atoms with van der Waals surface area (Å²) in [6.07, 6.45) is 0. The van der Waals surface area contributed by atoms with Crippen molar-refractivity contribution in [2.24, 2.45) is 0 Å². The highest BCUT2D eigenvalue weighted by Gasteiger charge is 2.22. The molecule has 9 nitrogen and oxygen atoms in total. The van der Waals surface area contributed by atoms with E-state index < -0.39 is 15.9 Å². The Balaban J connectivity index is 1.56. The molecule has 0 radical (unpaired) electrons. The Morgan fingerprint density at radius 3 is 2.42 bits per heavy atom. The fourth-order valence-electron chi connectivity index (χ4n) is 3.20. The number of carbonyl (C=O) groups excluding carboxylic acids is 1. The fourth-order valence-corrected chi connectivity index (χ4v) is 4.46. The maximum Gasteiger partial charge on any atom is 0.265 e. The van der Waals surface area contributed by atoms with Crippen LogP contribution in [0.2, 0.25) is 0 Å². The summed E-state index contributed by atoms with van der Waals surface area (Å²) in [7, 11) is -2.64. The molecule has 33 heavy (non-hydrogen) atoms. The number of rotatable bonds is 8. The molecule has 4 rings (SSSR count). The highest BCUT2D eigenvalue weighted by atomic mass is 32.2. The molecule has 0 unspecified atom stereocenters. The minimum atomic E-state index is -4.02. The molecule has 0 fully saturated rings. The molecule has 3 aromatic carbocycles. The zero-order chi connectivity index (χ0) is 23.4. The van der Waals surface area contributed by atoms with Crippen molar-refractivity contribution in [3.05, 3.63) is 66.2 Å². The Morgan fingerprint density at radius 2 is 1.70 bits per heavy atom. The van der Waals surface area contributed by atoms with E-state index in [1.165, 1.54) is 19.2 Å². The van der Waals surface area contributed by atoms with Crippen LogP contribution in [0.25, 0.3) is 0 Å². The maximum absolute atomic E-state index is 13.1. The summed E-state index contributed by atoms with van der Waals surface area (Å²) < 4.78 is 49.8. The number of sulfonamides is 1. The van der Waals surface area contributed by atoms with Gasteiger partial charge >= 0.3 is 0 Å². The lowest BCUT2D eigenvalue weighted by molar-refractivity contribution is 0.102. The second-order valence-electron chi connectivity index (χ2n) is 6.95. The van der Waals surface area contributed by atoms with Gasteiger partial charge in [0.05, 0.1) is 13.7 Å². The molecular weight excluding hydrogens is 448 g/mol. The average molecular weight is 471 g/mol. The first-order valence-corrected chi connectivity index (χ1v) is 11.5. The molecular formula is C23H22N2O7S. The predicted octanol–water partition coefficient (Wildman–Crippen LogP) is 3.88. The Labute approximate surface area is 191 Å². The summed E-state index contributed by atoms with van der Waals surface area (Å²) in [4.78, 5) is 12.6. The van der Waals surface area contributed by atoms with Gasteiger partial charge in [-0.05, 0) is 67.6 Å². The zero-order valence-corrected chi connectivity index (χ0v) is 18.8. The molecule has 1 aliphatic rings. The number of nitrogens with one attached hydrogen (secondary N) is 2. The first-order valence-electron chi connectivity index (χ1n) is 10.0. The first kappa shape index (κ1) is 22.3. The summed E-state index contributed by atoms with van der Waals surface area (Å²) in [5, 5.41) is 2.70. The van der Waals surface area contributed by atoms with Crippen LogP contribution in [0, 0.1) is 0 Å². The summed E-state index contributed by atoms with van der Waals surface area (Å²) in [5.41, 5.74) is 0.979. The van der Waals surface area contributed by atoms with Gasteiger partial charge in [-0.1, -0.05) is 0 Å². The van der Waals surface area contributed by atoms with Gasteiger partial charge in [0, 0.05) is 16.9 Å². The van der Waals surface area contributed by atoms with Crippen molar-refractivity contribution in [3.63, 3.8) is 0 Å². The Bertz CT molecular complexity index is 1270. The molecule has 0 atom stereocenters. The SMILES string of the molecule is CCOc1ccc(NS(=O)(=O)c2cc(NC(=O)c3ccc4c(c3)OCO4)ccc2OC)cc1. The summed E-state index contributed by atoms with van der Waals surface area (Å²) in [6, 6.07) is 15.7. The second-order valence-corrected chi connectivity index (χ2v) is 8.60. The Morgan fingerprint density at radius 1 is 0.970 bits per heavy atom. The van der Waals surface area contributed by atoms with E-state index in [0.29, 0.717) is 35.1 Å². The molecule has 0 aliphatic carbocycles. The van der Waals surface area contributed by atoms with Crippen LogP contribution in [0.3, 0.4) is 0 Å². The fraction of sp³-hybridized carbons (Fsp3) is 0.174. The van der Waals surface area contributed by atoms with Crippen LogP contribution < -0.4 is 29.0 Å². The highest BCUT2D eigenvalue weighted by molar-refractivity contribution is 7.92. The number of fused-ring (bicyclic) bond motifs is 1. The van der Waals surface area contributed by atoms with Gasteiger partial charge in [-0.15, -0.1) is 0 Å². The molecule has 10 heteroatoms. The molecule has 1 aliphatic heterocycles. The van der Waals surface area contributed by atoms with Crippen molar-refractivity contribution in [2.75, 3.05) is 30.5 Å². The van der Waals surface area contributed by atoms with Crippen molar-refractivity contribution >= 4 is 27.3 Å². The standard InChI is InChI=1S/C23H22N2O7S/c1-3-30-18-8-5-16(6-9-18)25-33(27,28)22-13-17(7-11-20(22)29-2)24-23(26)15-4-10-19-21(12-15)32-14-31-19/h4-13,25H,3,14H2,1-2H3,(H,24,26). The third kappa shape index (κ3) is 4.96. The van der Waals surface area contributed by atoms with Gasteiger partial charge in [0.1, 0.15) is 16.4 Å². The minimum absolute atomic E-state index is 0.0987. The van der Waals surface area contributed by atoms with Gasteiger partial charge in [0.25, 0.3) is 15.9 Å². The van der Waals surface area contributed by atoms with Gasteiger partial charge < -0.3 is 24.3 Å². The van der Waals surface area contributed by atoms with Crippen LogP contribution in [-0.2, 0) is 10.0 Å². The van der Waals surface area contributed by atoms with Crippen molar-refractivity contribution in [1.29, 1.82) is 0 Å². The number of ether oxygens (including phenoxy) is 4.